The third-order valence-corrected chi connectivity index (χ3v) is 2.32. The van der Waals surface area contributed by atoms with Crippen molar-refractivity contribution < 1.29 is 26.7 Å². The van der Waals surface area contributed by atoms with Gasteiger partial charge < -0.3 is 0 Å². The molecule has 1 aromatic rings. The van der Waals surface area contributed by atoms with E-state index in [1.54, 1.807) is 0 Å². The predicted molar refractivity (Wildman–Crippen MR) is 49.5 cm³/mol. The second kappa shape index (κ2) is 4.48. The Hall–Kier alpha value is -0.980. The molecule has 0 heterocycles. The highest BCUT2D eigenvalue weighted by atomic mass is 79.9. The summed E-state index contributed by atoms with van der Waals surface area (Å²) in [7, 11) is 0. The van der Waals surface area contributed by atoms with Crippen molar-refractivity contribution in [2.75, 3.05) is 5.33 Å². The van der Waals surface area contributed by atoms with Gasteiger partial charge in [0.05, 0.1) is 16.5 Å². The maximum Gasteiger partial charge on any atom is 0.419 e. The number of carbonyl (C=O) groups is 1. The molecular formula is C9H4BrF5O. The molecule has 0 aromatic heterocycles. The molecule has 0 spiro atoms. The van der Waals surface area contributed by atoms with E-state index in [0.29, 0.717) is 12.1 Å². The van der Waals surface area contributed by atoms with Crippen molar-refractivity contribution >= 4 is 21.7 Å². The molecule has 1 rings (SSSR count). The van der Waals surface area contributed by atoms with Crippen LogP contribution in [0.15, 0.2) is 12.1 Å². The molecule has 0 saturated heterocycles. The number of alkyl halides is 4. The average molecular weight is 303 g/mol. The van der Waals surface area contributed by atoms with Crippen molar-refractivity contribution in [3.8, 4) is 0 Å². The number of Topliss-reactive ketones (excluding diaryl/α,β-unsaturated/α-hetero) is 1. The van der Waals surface area contributed by atoms with Gasteiger partial charge in [0, 0.05) is 0 Å². The fourth-order valence-corrected chi connectivity index (χ4v) is 1.36. The minimum atomic E-state index is -4.99. The highest BCUT2D eigenvalue weighted by Crippen LogP contribution is 2.33. The molecule has 0 aliphatic heterocycles. The van der Waals surface area contributed by atoms with Gasteiger partial charge in [-0.15, -0.1) is 0 Å². The zero-order valence-corrected chi connectivity index (χ0v) is 9.12. The van der Waals surface area contributed by atoms with E-state index in [0.717, 1.165) is 0 Å². The van der Waals surface area contributed by atoms with Crippen LogP contribution >= 0.6 is 15.9 Å². The lowest BCUT2D eigenvalue weighted by Gasteiger charge is -2.09. The van der Waals surface area contributed by atoms with Crippen molar-refractivity contribution in [3.05, 3.63) is 34.9 Å². The molecule has 16 heavy (non-hydrogen) atoms. The molecule has 0 amide bonds. The Morgan fingerprint density at radius 1 is 1.19 bits per heavy atom. The first kappa shape index (κ1) is 13.1. The first-order valence-corrected chi connectivity index (χ1v) is 5.05. The number of hydrogen-bond acceptors (Lipinski definition) is 1. The highest BCUT2D eigenvalue weighted by molar-refractivity contribution is 9.09. The van der Waals surface area contributed by atoms with Gasteiger partial charge in [-0.05, 0) is 12.1 Å². The monoisotopic (exact) mass is 302 g/mol. The minimum absolute atomic E-state index is 0.297. The normalized spacial score (nSPS) is 11.6. The third kappa shape index (κ3) is 2.40. The molecule has 0 aliphatic rings. The fraction of sp³-hybridized carbons (Fsp3) is 0.222. The fourth-order valence-electron chi connectivity index (χ4n) is 1.06. The van der Waals surface area contributed by atoms with E-state index in [9.17, 15) is 26.7 Å². The van der Waals surface area contributed by atoms with Gasteiger partial charge in [0.15, 0.2) is 17.4 Å². The summed E-state index contributed by atoms with van der Waals surface area (Å²) < 4.78 is 62.5. The van der Waals surface area contributed by atoms with Crippen LogP contribution in [0.3, 0.4) is 0 Å². The smallest absolute Gasteiger partial charge is 0.293 e. The zero-order valence-electron chi connectivity index (χ0n) is 7.54. The minimum Gasteiger partial charge on any atom is -0.293 e. The molecule has 0 atom stereocenters. The lowest BCUT2D eigenvalue weighted by molar-refractivity contribution is -0.140. The van der Waals surface area contributed by atoms with E-state index >= 15 is 0 Å². The zero-order chi connectivity index (χ0) is 12.5. The number of halogens is 6. The lowest BCUT2D eigenvalue weighted by atomic mass is 10.1. The third-order valence-electron chi connectivity index (χ3n) is 1.81. The van der Waals surface area contributed by atoms with Gasteiger partial charge in [0.1, 0.15) is 0 Å². The van der Waals surface area contributed by atoms with Crippen LogP contribution in [-0.2, 0) is 6.18 Å². The van der Waals surface area contributed by atoms with E-state index in [-0.39, 0.29) is 5.33 Å². The summed E-state index contributed by atoms with van der Waals surface area (Å²) in [6.45, 7) is 0. The molecule has 0 N–H and O–H groups in total. The topological polar surface area (TPSA) is 17.1 Å². The summed E-state index contributed by atoms with van der Waals surface area (Å²) in [5, 5.41) is -0.297. The summed E-state index contributed by atoms with van der Waals surface area (Å²) in [6, 6.07) is 0.957. The van der Waals surface area contributed by atoms with E-state index in [1.807, 2.05) is 0 Å². The first-order valence-electron chi connectivity index (χ1n) is 3.93. The van der Waals surface area contributed by atoms with Crippen LogP contribution in [0, 0.1) is 11.6 Å². The Balaban J connectivity index is 3.35. The Morgan fingerprint density at radius 2 is 1.75 bits per heavy atom. The molecule has 1 nitrogen and oxygen atoms in total. The van der Waals surface area contributed by atoms with Crippen LogP contribution in [0.2, 0.25) is 0 Å². The Labute approximate surface area is 95.4 Å². The summed E-state index contributed by atoms with van der Waals surface area (Å²) >= 11 is 2.71. The molecule has 0 fully saturated rings. The van der Waals surface area contributed by atoms with E-state index < -0.39 is 34.7 Å². The van der Waals surface area contributed by atoms with Crippen LogP contribution in [0.4, 0.5) is 22.0 Å². The van der Waals surface area contributed by atoms with Crippen LogP contribution in [0.1, 0.15) is 15.9 Å². The van der Waals surface area contributed by atoms with Crippen molar-refractivity contribution in [3.63, 3.8) is 0 Å². The Morgan fingerprint density at radius 3 is 2.19 bits per heavy atom. The van der Waals surface area contributed by atoms with Gasteiger partial charge in [0.25, 0.3) is 0 Å². The van der Waals surface area contributed by atoms with Crippen molar-refractivity contribution in [1.82, 2.24) is 0 Å². The number of benzene rings is 1. The van der Waals surface area contributed by atoms with Crippen molar-refractivity contribution in [2.45, 2.75) is 6.18 Å². The first-order chi connectivity index (χ1) is 7.29. The van der Waals surface area contributed by atoms with E-state index in [4.69, 9.17) is 0 Å². The van der Waals surface area contributed by atoms with Gasteiger partial charge >= 0.3 is 6.18 Å². The average Bonchev–Trinajstić information content (AvgIpc) is 2.19. The maximum atomic E-state index is 13.1. The van der Waals surface area contributed by atoms with Crippen LogP contribution < -0.4 is 0 Å². The number of ketones is 1. The van der Waals surface area contributed by atoms with E-state index in [2.05, 4.69) is 15.9 Å². The number of hydrogen-bond donors (Lipinski definition) is 0. The molecular weight excluding hydrogens is 299 g/mol. The van der Waals surface area contributed by atoms with Gasteiger partial charge in [-0.1, -0.05) is 15.9 Å². The molecule has 88 valence electrons. The molecule has 0 unspecified atom stereocenters. The molecule has 0 radical (unpaired) electrons. The predicted octanol–water partition coefficient (Wildman–Crippen LogP) is 3.56. The maximum absolute atomic E-state index is 13.1. The standard InChI is InChI=1S/C9H4BrF5O/c10-3-6(16)4-1-2-5(9(13,14)15)8(12)7(4)11/h1-2H,3H2. The van der Waals surface area contributed by atoms with Crippen molar-refractivity contribution in [2.24, 2.45) is 0 Å². The van der Waals surface area contributed by atoms with Crippen LogP contribution in [0.25, 0.3) is 0 Å². The molecule has 1 aromatic carbocycles. The van der Waals surface area contributed by atoms with Gasteiger partial charge in [0.2, 0.25) is 0 Å². The van der Waals surface area contributed by atoms with Gasteiger partial charge in [-0.25, -0.2) is 8.78 Å². The second-order valence-electron chi connectivity index (χ2n) is 2.84. The SMILES string of the molecule is O=C(CBr)c1ccc(C(F)(F)F)c(F)c1F. The van der Waals surface area contributed by atoms with E-state index in [1.165, 1.54) is 0 Å². The number of carbonyl (C=O) groups excluding carboxylic acids is 1. The second-order valence-corrected chi connectivity index (χ2v) is 3.40. The largest absolute Gasteiger partial charge is 0.419 e. The summed E-state index contributed by atoms with van der Waals surface area (Å²) in [6.07, 6.45) is -4.99. The summed E-state index contributed by atoms with van der Waals surface area (Å²) in [5.41, 5.74) is -2.43. The highest BCUT2D eigenvalue weighted by Gasteiger charge is 2.36. The number of rotatable bonds is 2. The molecule has 0 bridgehead atoms. The molecule has 7 heteroatoms. The summed E-state index contributed by atoms with van der Waals surface area (Å²) in [4.78, 5) is 11.0. The van der Waals surface area contributed by atoms with Crippen LogP contribution in [0.5, 0.6) is 0 Å². The molecule has 0 saturated carbocycles. The Bertz CT molecular complexity index is 427. The lowest BCUT2D eigenvalue weighted by Crippen LogP contribution is -2.13. The van der Waals surface area contributed by atoms with Crippen LogP contribution in [-0.4, -0.2) is 11.1 Å². The quantitative estimate of drug-likeness (QED) is 0.464. The summed E-state index contributed by atoms with van der Waals surface area (Å²) in [5.74, 6) is -4.66. The van der Waals surface area contributed by atoms with Crippen molar-refractivity contribution in [1.29, 1.82) is 0 Å². The van der Waals surface area contributed by atoms with Gasteiger partial charge in [-0.2, -0.15) is 13.2 Å². The van der Waals surface area contributed by atoms with Gasteiger partial charge in [-0.3, -0.25) is 4.79 Å². The Kier molecular flexibility index (Phi) is 3.67. The molecule has 0 aliphatic carbocycles.